The normalized spacial score (nSPS) is 17.4. The number of benzene rings is 2. The van der Waals surface area contributed by atoms with Crippen molar-refractivity contribution in [3.8, 4) is 11.5 Å². The second-order valence-corrected chi connectivity index (χ2v) is 9.89. The van der Waals surface area contributed by atoms with Gasteiger partial charge in [-0.2, -0.15) is 0 Å². The van der Waals surface area contributed by atoms with Crippen molar-refractivity contribution in [3.05, 3.63) is 75.2 Å². The molecule has 0 aliphatic heterocycles. The highest BCUT2D eigenvalue weighted by Crippen LogP contribution is 2.21. The van der Waals surface area contributed by atoms with Gasteiger partial charge in [0.15, 0.2) is 6.61 Å². The SMILES string of the molecule is Cc1ccc(OCc2nc(C(=O)N[C@H]3CCCC[C@H]3NC(=O)COc3ccc(Cl)cc3)cs2)cc1. The molecule has 7 nitrogen and oxygen atoms in total. The van der Waals surface area contributed by atoms with Gasteiger partial charge in [0.25, 0.3) is 11.8 Å². The lowest BCUT2D eigenvalue weighted by Crippen LogP contribution is -2.54. The summed E-state index contributed by atoms with van der Waals surface area (Å²) >= 11 is 7.26. The van der Waals surface area contributed by atoms with Gasteiger partial charge in [0, 0.05) is 22.5 Å². The number of thiazole rings is 1. The standard InChI is InChI=1S/C26H28ClN3O4S/c1-17-6-10-19(11-7-17)34-15-25-29-23(16-35-25)26(32)30-22-5-3-2-4-21(22)28-24(31)14-33-20-12-8-18(27)9-13-20/h6-13,16,21-22H,2-5,14-15H2,1H3,(H,28,31)(H,30,32)/t21-,22+/m1/s1. The van der Waals surface area contributed by atoms with Crippen molar-refractivity contribution < 1.29 is 19.1 Å². The molecular formula is C26H28ClN3O4S. The lowest BCUT2D eigenvalue weighted by atomic mass is 9.90. The van der Waals surface area contributed by atoms with E-state index in [2.05, 4.69) is 15.6 Å². The Kier molecular flexibility index (Phi) is 8.60. The van der Waals surface area contributed by atoms with E-state index < -0.39 is 0 Å². The van der Waals surface area contributed by atoms with Crippen LogP contribution in [0.5, 0.6) is 11.5 Å². The molecule has 2 N–H and O–H groups in total. The Hall–Kier alpha value is -3.10. The molecule has 1 saturated carbocycles. The number of rotatable bonds is 9. The van der Waals surface area contributed by atoms with Crippen LogP contribution >= 0.6 is 22.9 Å². The summed E-state index contributed by atoms with van der Waals surface area (Å²) in [5.74, 6) is 0.864. The first-order valence-electron chi connectivity index (χ1n) is 11.6. The van der Waals surface area contributed by atoms with E-state index in [1.807, 2.05) is 31.2 Å². The quantitative estimate of drug-likeness (QED) is 0.424. The molecule has 2 amide bonds. The molecule has 184 valence electrons. The molecule has 0 saturated heterocycles. The van der Waals surface area contributed by atoms with Crippen molar-refractivity contribution in [3.63, 3.8) is 0 Å². The minimum Gasteiger partial charge on any atom is -0.486 e. The smallest absolute Gasteiger partial charge is 0.271 e. The summed E-state index contributed by atoms with van der Waals surface area (Å²) in [6.45, 7) is 2.22. The van der Waals surface area contributed by atoms with Crippen LogP contribution in [0.25, 0.3) is 0 Å². The molecule has 0 unspecified atom stereocenters. The maximum atomic E-state index is 12.9. The first-order valence-corrected chi connectivity index (χ1v) is 12.8. The molecule has 0 bridgehead atoms. The van der Waals surface area contributed by atoms with Gasteiger partial charge in [-0.15, -0.1) is 11.3 Å². The van der Waals surface area contributed by atoms with Crippen LogP contribution in [-0.4, -0.2) is 35.5 Å². The van der Waals surface area contributed by atoms with Crippen molar-refractivity contribution in [2.45, 2.75) is 51.3 Å². The minimum atomic E-state index is -0.244. The number of aryl methyl sites for hydroxylation is 1. The third-order valence-corrected chi connectivity index (χ3v) is 6.85. The number of nitrogens with one attached hydrogen (secondary N) is 2. The Labute approximate surface area is 213 Å². The van der Waals surface area contributed by atoms with Gasteiger partial charge in [-0.25, -0.2) is 4.98 Å². The molecule has 1 heterocycles. The molecule has 2 aromatic carbocycles. The summed E-state index contributed by atoms with van der Waals surface area (Å²) < 4.78 is 11.3. The van der Waals surface area contributed by atoms with Crippen LogP contribution in [0.4, 0.5) is 0 Å². The van der Waals surface area contributed by atoms with E-state index in [0.717, 1.165) is 42.0 Å². The van der Waals surface area contributed by atoms with E-state index in [4.69, 9.17) is 21.1 Å². The van der Waals surface area contributed by atoms with Crippen molar-refractivity contribution in [2.24, 2.45) is 0 Å². The molecule has 1 aromatic heterocycles. The molecule has 3 aromatic rings. The second-order valence-electron chi connectivity index (χ2n) is 8.51. The number of amides is 2. The number of carbonyl (C=O) groups is 2. The van der Waals surface area contributed by atoms with E-state index >= 15 is 0 Å². The van der Waals surface area contributed by atoms with Gasteiger partial charge in [-0.3, -0.25) is 9.59 Å². The van der Waals surface area contributed by atoms with Crippen molar-refractivity contribution in [1.29, 1.82) is 0 Å². The van der Waals surface area contributed by atoms with E-state index in [0.29, 0.717) is 23.1 Å². The van der Waals surface area contributed by atoms with Crippen LogP contribution < -0.4 is 20.1 Å². The predicted molar refractivity (Wildman–Crippen MR) is 136 cm³/mol. The third-order valence-electron chi connectivity index (χ3n) is 5.78. The van der Waals surface area contributed by atoms with Gasteiger partial charge in [-0.05, 0) is 56.2 Å². The number of hydrogen-bond donors (Lipinski definition) is 2. The average molecular weight is 514 g/mol. The number of hydrogen-bond acceptors (Lipinski definition) is 6. The highest BCUT2D eigenvalue weighted by atomic mass is 35.5. The van der Waals surface area contributed by atoms with Gasteiger partial charge >= 0.3 is 0 Å². The Bertz CT molecular complexity index is 1130. The third kappa shape index (κ3) is 7.44. The molecular weight excluding hydrogens is 486 g/mol. The molecule has 9 heteroatoms. The van der Waals surface area contributed by atoms with Crippen molar-refractivity contribution in [2.75, 3.05) is 6.61 Å². The lowest BCUT2D eigenvalue weighted by Gasteiger charge is -2.32. The fraction of sp³-hybridized carbons (Fsp3) is 0.346. The van der Waals surface area contributed by atoms with Gasteiger partial charge in [0.2, 0.25) is 0 Å². The van der Waals surface area contributed by atoms with Gasteiger partial charge in [0.1, 0.15) is 28.8 Å². The molecule has 0 spiro atoms. The van der Waals surface area contributed by atoms with Crippen LogP contribution in [0.15, 0.2) is 53.9 Å². The number of halogens is 1. The zero-order valence-corrected chi connectivity index (χ0v) is 21.0. The van der Waals surface area contributed by atoms with Gasteiger partial charge in [-0.1, -0.05) is 42.1 Å². The van der Waals surface area contributed by atoms with Crippen molar-refractivity contribution >= 4 is 34.8 Å². The maximum Gasteiger partial charge on any atom is 0.271 e. The average Bonchev–Trinajstić information content (AvgIpc) is 3.34. The van der Waals surface area contributed by atoms with Crippen molar-refractivity contribution in [1.82, 2.24) is 15.6 Å². The van der Waals surface area contributed by atoms with Gasteiger partial charge < -0.3 is 20.1 Å². The molecule has 1 fully saturated rings. The zero-order valence-electron chi connectivity index (χ0n) is 19.5. The summed E-state index contributed by atoms with van der Waals surface area (Å²) in [5.41, 5.74) is 1.52. The summed E-state index contributed by atoms with van der Waals surface area (Å²) in [7, 11) is 0. The van der Waals surface area contributed by atoms with E-state index in [1.54, 1.807) is 29.6 Å². The van der Waals surface area contributed by atoms with Crippen LogP contribution in [0.1, 0.15) is 46.7 Å². The molecule has 35 heavy (non-hydrogen) atoms. The highest BCUT2D eigenvalue weighted by molar-refractivity contribution is 7.09. The Morgan fingerprint density at radius 3 is 2.31 bits per heavy atom. The predicted octanol–water partition coefficient (Wildman–Crippen LogP) is 4.92. The largest absolute Gasteiger partial charge is 0.486 e. The molecule has 2 atom stereocenters. The van der Waals surface area contributed by atoms with Crippen LogP contribution in [-0.2, 0) is 11.4 Å². The monoisotopic (exact) mass is 513 g/mol. The number of nitrogens with zero attached hydrogens (tertiary/aromatic N) is 1. The Balaban J connectivity index is 1.27. The maximum absolute atomic E-state index is 12.9. The minimum absolute atomic E-state index is 0.102. The molecule has 1 aliphatic rings. The summed E-state index contributed by atoms with van der Waals surface area (Å²) in [4.78, 5) is 29.7. The first kappa shape index (κ1) is 25.0. The van der Waals surface area contributed by atoms with Crippen LogP contribution in [0.3, 0.4) is 0 Å². The fourth-order valence-corrected chi connectivity index (χ4v) is 4.72. The number of ether oxygens (including phenoxy) is 2. The van der Waals surface area contributed by atoms with Gasteiger partial charge in [0.05, 0.1) is 0 Å². The highest BCUT2D eigenvalue weighted by Gasteiger charge is 2.28. The van der Waals surface area contributed by atoms with E-state index in [9.17, 15) is 9.59 Å². The van der Waals surface area contributed by atoms with E-state index in [-0.39, 0.29) is 30.5 Å². The van der Waals surface area contributed by atoms with Crippen LogP contribution in [0.2, 0.25) is 5.02 Å². The topological polar surface area (TPSA) is 89.5 Å². The Morgan fingerprint density at radius 2 is 1.60 bits per heavy atom. The first-order chi connectivity index (χ1) is 17.0. The summed E-state index contributed by atoms with van der Waals surface area (Å²) in [6, 6.07) is 14.3. The number of carbonyl (C=O) groups excluding carboxylic acids is 2. The van der Waals surface area contributed by atoms with E-state index in [1.165, 1.54) is 11.3 Å². The zero-order chi connectivity index (χ0) is 24.6. The molecule has 0 radical (unpaired) electrons. The molecule has 4 rings (SSSR count). The second kappa shape index (κ2) is 12.0. The number of aromatic nitrogens is 1. The van der Waals surface area contributed by atoms with Crippen LogP contribution in [0, 0.1) is 6.92 Å². The summed E-state index contributed by atoms with van der Waals surface area (Å²) in [6.07, 6.45) is 3.57. The molecule has 1 aliphatic carbocycles. The lowest BCUT2D eigenvalue weighted by molar-refractivity contribution is -0.124. The summed E-state index contributed by atoms with van der Waals surface area (Å²) in [5, 5.41) is 9.14. The Morgan fingerprint density at radius 1 is 0.971 bits per heavy atom. The fourth-order valence-electron chi connectivity index (χ4n) is 3.91.